The van der Waals surface area contributed by atoms with Gasteiger partial charge in [-0.2, -0.15) is 4.98 Å². The molecule has 0 spiro atoms. The van der Waals surface area contributed by atoms with Crippen LogP contribution in [-0.2, 0) is 9.53 Å². The van der Waals surface area contributed by atoms with Crippen LogP contribution in [0.15, 0.2) is 67.5 Å². The number of aromatic nitrogens is 3. The van der Waals surface area contributed by atoms with Crippen LogP contribution in [0.5, 0.6) is 5.75 Å². The number of ether oxygens (including phenoxy) is 2. The number of anilines is 4. The second-order valence-corrected chi connectivity index (χ2v) is 10.4. The summed E-state index contributed by atoms with van der Waals surface area (Å²) in [5.74, 6) is 0.857. The van der Waals surface area contributed by atoms with Gasteiger partial charge in [0.05, 0.1) is 42.9 Å². The number of morpholine rings is 1. The van der Waals surface area contributed by atoms with Crippen molar-refractivity contribution >= 4 is 39.8 Å². The molecule has 0 aliphatic carbocycles. The van der Waals surface area contributed by atoms with Crippen molar-refractivity contribution in [2.45, 2.75) is 18.9 Å². The first-order valence-corrected chi connectivity index (χ1v) is 14.1. The van der Waals surface area contributed by atoms with E-state index < -0.39 is 0 Å². The van der Waals surface area contributed by atoms with Crippen LogP contribution in [0.2, 0.25) is 0 Å². The molecule has 2 aromatic carbocycles. The second-order valence-electron chi connectivity index (χ2n) is 10.4. The van der Waals surface area contributed by atoms with Gasteiger partial charge in [-0.15, -0.1) is 0 Å². The van der Waals surface area contributed by atoms with Gasteiger partial charge in [0.15, 0.2) is 0 Å². The smallest absolute Gasteiger partial charge is 0.247 e. The second kappa shape index (κ2) is 12.2. The SMILES string of the molecule is C=CC(=O)Nc1cc(Nc2nccc(-n3ccc4ccc(F)cc43)n2)c(OC)cc1N1CCC(N2CCOCC2)CC1. The molecule has 6 rings (SSSR count). The monoisotopic (exact) mass is 571 g/mol. The number of nitrogens with zero attached hydrogens (tertiary/aromatic N) is 5. The quantitative estimate of drug-likeness (QED) is 0.293. The summed E-state index contributed by atoms with van der Waals surface area (Å²) < 4.78 is 27.1. The van der Waals surface area contributed by atoms with Crippen molar-refractivity contribution < 1.29 is 18.7 Å². The van der Waals surface area contributed by atoms with Crippen LogP contribution in [-0.4, -0.2) is 77.9 Å². The lowest BCUT2D eigenvalue weighted by Crippen LogP contribution is -2.49. The molecule has 0 atom stereocenters. The molecular weight excluding hydrogens is 537 g/mol. The van der Waals surface area contributed by atoms with Gasteiger partial charge in [0.25, 0.3) is 0 Å². The Morgan fingerprint density at radius 1 is 1.10 bits per heavy atom. The Hall–Kier alpha value is -4.48. The first-order valence-electron chi connectivity index (χ1n) is 14.1. The van der Waals surface area contributed by atoms with Crippen molar-refractivity contribution in [2.75, 3.05) is 62.0 Å². The third kappa shape index (κ3) is 5.79. The third-order valence-electron chi connectivity index (χ3n) is 7.92. The van der Waals surface area contributed by atoms with Gasteiger partial charge < -0.3 is 29.6 Å². The predicted octanol–water partition coefficient (Wildman–Crippen LogP) is 4.74. The maximum atomic E-state index is 14.0. The molecular formula is C31H34FN7O3. The number of amides is 1. The Labute approximate surface area is 243 Å². The Morgan fingerprint density at radius 2 is 1.90 bits per heavy atom. The predicted molar refractivity (Wildman–Crippen MR) is 162 cm³/mol. The van der Waals surface area contributed by atoms with Gasteiger partial charge in [-0.1, -0.05) is 6.58 Å². The number of methoxy groups -OCH3 is 1. The zero-order valence-electron chi connectivity index (χ0n) is 23.6. The van der Waals surface area contributed by atoms with Gasteiger partial charge >= 0.3 is 0 Å². The van der Waals surface area contributed by atoms with Crippen molar-refractivity contribution in [3.8, 4) is 11.6 Å². The zero-order chi connectivity index (χ0) is 29.1. The summed E-state index contributed by atoms with van der Waals surface area (Å²) in [6.07, 6.45) is 6.78. The summed E-state index contributed by atoms with van der Waals surface area (Å²) in [7, 11) is 1.61. The molecule has 2 N–H and O–H groups in total. The molecule has 2 fully saturated rings. The molecule has 1 amide bonds. The Kier molecular flexibility index (Phi) is 8.02. The summed E-state index contributed by atoms with van der Waals surface area (Å²) in [4.78, 5) is 26.3. The van der Waals surface area contributed by atoms with Gasteiger partial charge in [-0.3, -0.25) is 9.69 Å². The minimum absolute atomic E-state index is 0.305. The van der Waals surface area contributed by atoms with Crippen LogP contribution < -0.4 is 20.3 Å². The molecule has 0 saturated carbocycles. The number of fused-ring (bicyclic) bond motifs is 1. The van der Waals surface area contributed by atoms with E-state index in [1.165, 1.54) is 18.2 Å². The molecule has 10 nitrogen and oxygen atoms in total. The summed E-state index contributed by atoms with van der Waals surface area (Å²) in [6.45, 7) is 8.85. The molecule has 0 radical (unpaired) electrons. The lowest BCUT2D eigenvalue weighted by Gasteiger charge is -2.41. The zero-order valence-corrected chi connectivity index (χ0v) is 23.6. The lowest BCUT2D eigenvalue weighted by atomic mass is 10.0. The van der Waals surface area contributed by atoms with Crippen molar-refractivity contribution in [2.24, 2.45) is 0 Å². The molecule has 4 aromatic rings. The molecule has 11 heteroatoms. The number of rotatable bonds is 8. The number of hydrogen-bond acceptors (Lipinski definition) is 8. The first-order chi connectivity index (χ1) is 20.5. The highest BCUT2D eigenvalue weighted by Crippen LogP contribution is 2.39. The molecule has 2 aliphatic heterocycles. The van der Waals surface area contributed by atoms with Gasteiger partial charge in [0, 0.05) is 56.1 Å². The number of carbonyl (C=O) groups excluding carboxylic acids is 1. The molecule has 2 saturated heterocycles. The van der Waals surface area contributed by atoms with E-state index >= 15 is 0 Å². The summed E-state index contributed by atoms with van der Waals surface area (Å²) in [5, 5.41) is 7.12. The minimum atomic E-state index is -0.320. The third-order valence-corrected chi connectivity index (χ3v) is 7.92. The number of nitrogens with one attached hydrogen (secondary N) is 2. The van der Waals surface area contributed by atoms with Crippen molar-refractivity contribution in [1.82, 2.24) is 19.4 Å². The van der Waals surface area contributed by atoms with Crippen LogP contribution in [0.1, 0.15) is 12.8 Å². The number of halogens is 1. The summed E-state index contributed by atoms with van der Waals surface area (Å²) in [5.41, 5.74) is 2.80. The van der Waals surface area contributed by atoms with Crippen LogP contribution in [0.4, 0.5) is 27.4 Å². The van der Waals surface area contributed by atoms with E-state index in [1.54, 1.807) is 25.4 Å². The number of hydrogen-bond donors (Lipinski definition) is 2. The van der Waals surface area contributed by atoms with Gasteiger partial charge in [0.1, 0.15) is 17.4 Å². The Morgan fingerprint density at radius 3 is 2.67 bits per heavy atom. The maximum absolute atomic E-state index is 14.0. The van der Waals surface area contributed by atoms with E-state index in [1.807, 2.05) is 29.0 Å². The van der Waals surface area contributed by atoms with Gasteiger partial charge in [-0.05, 0) is 55.3 Å². The standard InChI is InChI=1S/C31H34FN7O3/c1-3-30(40)34-24-19-25(28(41-2)20-27(24)38-11-8-23(9-12-38)37-14-16-42-17-15-37)35-31-33-10-6-29(36-31)39-13-7-21-4-5-22(32)18-26(21)39/h3-7,10,13,18-20,23H,1,8-9,11-12,14-17H2,2H3,(H,34,40)(H,33,35,36). The van der Waals surface area contributed by atoms with Gasteiger partial charge in [0.2, 0.25) is 11.9 Å². The minimum Gasteiger partial charge on any atom is -0.494 e. The average Bonchev–Trinajstić information content (AvgIpc) is 3.45. The van der Waals surface area contributed by atoms with Crippen LogP contribution >= 0.6 is 0 Å². The number of carbonyl (C=O) groups is 1. The molecule has 4 heterocycles. The van der Waals surface area contributed by atoms with Gasteiger partial charge in [-0.25, -0.2) is 9.37 Å². The molecule has 2 aromatic heterocycles. The van der Waals surface area contributed by atoms with Crippen molar-refractivity contribution in [3.05, 3.63) is 73.3 Å². The topological polar surface area (TPSA) is 96.8 Å². The number of benzene rings is 2. The Bertz CT molecular complexity index is 1590. The average molecular weight is 572 g/mol. The summed E-state index contributed by atoms with van der Waals surface area (Å²) in [6, 6.07) is 12.6. The van der Waals surface area contributed by atoms with Crippen LogP contribution in [0.25, 0.3) is 16.7 Å². The molecule has 42 heavy (non-hydrogen) atoms. The largest absolute Gasteiger partial charge is 0.494 e. The lowest BCUT2D eigenvalue weighted by molar-refractivity contribution is -0.111. The molecule has 0 bridgehead atoms. The highest BCUT2D eigenvalue weighted by Gasteiger charge is 2.28. The first kappa shape index (κ1) is 27.7. The van der Waals surface area contributed by atoms with Crippen LogP contribution in [0, 0.1) is 5.82 Å². The van der Waals surface area contributed by atoms with E-state index in [0.29, 0.717) is 40.4 Å². The fourth-order valence-electron chi connectivity index (χ4n) is 5.76. The van der Waals surface area contributed by atoms with E-state index in [9.17, 15) is 9.18 Å². The summed E-state index contributed by atoms with van der Waals surface area (Å²) >= 11 is 0. The van der Waals surface area contributed by atoms with Crippen molar-refractivity contribution in [1.29, 1.82) is 0 Å². The Balaban J connectivity index is 1.27. The van der Waals surface area contributed by atoms with E-state index in [4.69, 9.17) is 9.47 Å². The molecule has 2 aliphatic rings. The van der Waals surface area contributed by atoms with E-state index in [-0.39, 0.29) is 11.7 Å². The van der Waals surface area contributed by atoms with Crippen molar-refractivity contribution in [3.63, 3.8) is 0 Å². The highest BCUT2D eigenvalue weighted by atomic mass is 19.1. The maximum Gasteiger partial charge on any atom is 0.247 e. The van der Waals surface area contributed by atoms with Crippen LogP contribution in [0.3, 0.4) is 0 Å². The van der Waals surface area contributed by atoms with E-state index in [0.717, 1.165) is 63.3 Å². The van der Waals surface area contributed by atoms with E-state index in [2.05, 4.69) is 37.0 Å². The molecule has 0 unspecified atom stereocenters. The highest BCUT2D eigenvalue weighted by molar-refractivity contribution is 6.02. The normalized spacial score (nSPS) is 16.4. The molecule has 218 valence electrons. The number of piperidine rings is 1. The fraction of sp³-hybridized carbons (Fsp3) is 0.323. The fourth-order valence-corrected chi connectivity index (χ4v) is 5.76.